The fourth-order valence-electron chi connectivity index (χ4n) is 2.91. The maximum atomic E-state index is 13.2. The van der Waals surface area contributed by atoms with Crippen molar-refractivity contribution in [1.29, 1.82) is 0 Å². The van der Waals surface area contributed by atoms with Gasteiger partial charge in [0, 0.05) is 18.2 Å². The first kappa shape index (κ1) is 13.5. The van der Waals surface area contributed by atoms with Crippen LogP contribution in [-0.2, 0) is 0 Å². The van der Waals surface area contributed by atoms with Crippen molar-refractivity contribution in [3.05, 3.63) is 35.4 Å². The Morgan fingerprint density at radius 3 is 2.17 bits per heavy atom. The molecule has 100 valence electrons. The first-order valence-electron chi connectivity index (χ1n) is 6.78. The predicted octanol–water partition coefficient (Wildman–Crippen LogP) is 4.19. The quantitative estimate of drug-likeness (QED) is 0.848. The minimum Gasteiger partial charge on any atom is -0.307 e. The Bertz CT molecular complexity index is 379. The van der Waals surface area contributed by atoms with E-state index >= 15 is 0 Å². The minimum absolute atomic E-state index is 0.0224. The van der Waals surface area contributed by atoms with Gasteiger partial charge in [0.25, 0.3) is 0 Å². The van der Waals surface area contributed by atoms with Crippen molar-refractivity contribution >= 4 is 0 Å². The molecule has 1 aromatic carbocycles. The van der Waals surface area contributed by atoms with E-state index in [1.807, 2.05) is 6.92 Å². The number of hydrogen-bond acceptors (Lipinski definition) is 1. The topological polar surface area (TPSA) is 12.0 Å². The number of nitrogens with one attached hydrogen (secondary N) is 1. The molecule has 1 unspecified atom stereocenters. The minimum atomic E-state index is -0.507. The van der Waals surface area contributed by atoms with Gasteiger partial charge in [0.05, 0.1) is 0 Å². The molecule has 0 radical (unpaired) electrons. The zero-order valence-corrected chi connectivity index (χ0v) is 11.0. The average Bonchev–Trinajstić information content (AvgIpc) is 2.80. The number of benzene rings is 1. The molecule has 1 fully saturated rings. The first-order chi connectivity index (χ1) is 8.56. The average molecular weight is 253 g/mol. The van der Waals surface area contributed by atoms with Crippen molar-refractivity contribution in [2.75, 3.05) is 0 Å². The molecule has 0 saturated heterocycles. The first-order valence-corrected chi connectivity index (χ1v) is 6.78. The number of hydrogen-bond donors (Lipinski definition) is 1. The fraction of sp³-hybridized carbons (Fsp3) is 0.600. The third-order valence-corrected chi connectivity index (χ3v) is 4.00. The summed E-state index contributed by atoms with van der Waals surface area (Å²) >= 11 is 0. The molecule has 1 saturated carbocycles. The zero-order valence-electron chi connectivity index (χ0n) is 11.0. The van der Waals surface area contributed by atoms with Gasteiger partial charge in [0.2, 0.25) is 0 Å². The molecule has 2 atom stereocenters. The molecule has 0 amide bonds. The molecular weight excluding hydrogens is 232 g/mol. The summed E-state index contributed by atoms with van der Waals surface area (Å²) in [5.41, 5.74) is 0.678. The standard InChI is InChI=1S/C15H21F2N/c1-10(12-5-3-4-6-12)18-11(2)13-7-14(16)9-15(17)8-13/h7-12,18H,3-6H2,1-2H3/t10-,11?/m1/s1. The van der Waals surface area contributed by atoms with Gasteiger partial charge in [-0.1, -0.05) is 12.8 Å². The van der Waals surface area contributed by atoms with Crippen molar-refractivity contribution in [3.63, 3.8) is 0 Å². The SMILES string of the molecule is CC(N[C@H](C)C1CCCC1)c1cc(F)cc(F)c1. The number of rotatable bonds is 4. The molecule has 1 aromatic rings. The predicted molar refractivity (Wildman–Crippen MR) is 69.3 cm³/mol. The normalized spacial score (nSPS) is 20.0. The highest BCUT2D eigenvalue weighted by molar-refractivity contribution is 5.21. The van der Waals surface area contributed by atoms with Gasteiger partial charge >= 0.3 is 0 Å². The Kier molecular flexibility index (Phi) is 4.33. The smallest absolute Gasteiger partial charge is 0.126 e. The molecule has 0 heterocycles. The second kappa shape index (κ2) is 5.79. The monoisotopic (exact) mass is 253 g/mol. The Hall–Kier alpha value is -0.960. The Morgan fingerprint density at radius 2 is 1.61 bits per heavy atom. The summed E-state index contributed by atoms with van der Waals surface area (Å²) in [6, 6.07) is 4.10. The van der Waals surface area contributed by atoms with E-state index in [1.54, 1.807) is 0 Å². The van der Waals surface area contributed by atoms with Crippen LogP contribution in [0.3, 0.4) is 0 Å². The summed E-state index contributed by atoms with van der Waals surface area (Å²) < 4.78 is 26.3. The summed E-state index contributed by atoms with van der Waals surface area (Å²) in [7, 11) is 0. The van der Waals surface area contributed by atoms with Gasteiger partial charge < -0.3 is 5.32 Å². The van der Waals surface area contributed by atoms with Crippen LogP contribution in [0.25, 0.3) is 0 Å². The lowest BCUT2D eigenvalue weighted by Crippen LogP contribution is -2.34. The maximum Gasteiger partial charge on any atom is 0.126 e. The molecule has 0 aromatic heterocycles. The van der Waals surface area contributed by atoms with Crippen LogP contribution < -0.4 is 5.32 Å². The molecule has 1 nitrogen and oxygen atoms in total. The lowest BCUT2D eigenvalue weighted by molar-refractivity contribution is 0.351. The van der Waals surface area contributed by atoms with Crippen molar-refractivity contribution in [2.24, 2.45) is 5.92 Å². The lowest BCUT2D eigenvalue weighted by Gasteiger charge is -2.25. The summed E-state index contributed by atoms with van der Waals surface area (Å²) in [5.74, 6) is -0.315. The Labute approximate surface area is 108 Å². The highest BCUT2D eigenvalue weighted by Crippen LogP contribution is 2.29. The van der Waals surface area contributed by atoms with Crippen LogP contribution in [0.2, 0.25) is 0 Å². The van der Waals surface area contributed by atoms with Crippen molar-refractivity contribution < 1.29 is 8.78 Å². The van der Waals surface area contributed by atoms with Crippen molar-refractivity contribution in [1.82, 2.24) is 5.32 Å². The third kappa shape index (κ3) is 3.29. The van der Waals surface area contributed by atoms with E-state index in [1.165, 1.54) is 37.8 Å². The van der Waals surface area contributed by atoms with Crippen LogP contribution in [-0.4, -0.2) is 6.04 Å². The van der Waals surface area contributed by atoms with Crippen LogP contribution in [0.4, 0.5) is 8.78 Å². The second-order valence-corrected chi connectivity index (χ2v) is 5.42. The van der Waals surface area contributed by atoms with Gasteiger partial charge in [-0.05, 0) is 50.3 Å². The van der Waals surface area contributed by atoms with E-state index in [4.69, 9.17) is 0 Å². The molecule has 0 spiro atoms. The molecule has 18 heavy (non-hydrogen) atoms. The highest BCUT2D eigenvalue weighted by atomic mass is 19.1. The van der Waals surface area contributed by atoms with E-state index in [0.717, 1.165) is 6.07 Å². The van der Waals surface area contributed by atoms with Crippen LogP contribution in [0.15, 0.2) is 18.2 Å². The summed E-state index contributed by atoms with van der Waals surface area (Å²) in [5, 5.41) is 3.46. The molecule has 0 bridgehead atoms. The van der Waals surface area contributed by atoms with E-state index in [9.17, 15) is 8.78 Å². The summed E-state index contributed by atoms with van der Waals surface area (Å²) in [6.45, 7) is 4.13. The highest BCUT2D eigenvalue weighted by Gasteiger charge is 2.23. The largest absolute Gasteiger partial charge is 0.307 e. The molecular formula is C15H21F2N. The lowest BCUT2D eigenvalue weighted by atomic mass is 9.98. The van der Waals surface area contributed by atoms with Gasteiger partial charge in [0.15, 0.2) is 0 Å². The van der Waals surface area contributed by atoms with Crippen molar-refractivity contribution in [2.45, 2.75) is 51.6 Å². The molecule has 1 aliphatic rings. The molecule has 2 rings (SSSR count). The van der Waals surface area contributed by atoms with Crippen molar-refractivity contribution in [3.8, 4) is 0 Å². The molecule has 0 aliphatic heterocycles. The van der Waals surface area contributed by atoms with E-state index in [-0.39, 0.29) is 6.04 Å². The van der Waals surface area contributed by atoms with E-state index in [2.05, 4.69) is 12.2 Å². The van der Waals surface area contributed by atoms with Crippen LogP contribution in [0.1, 0.15) is 51.1 Å². The second-order valence-electron chi connectivity index (χ2n) is 5.42. The summed E-state index contributed by atoms with van der Waals surface area (Å²) in [6.07, 6.45) is 5.14. The van der Waals surface area contributed by atoms with Crippen LogP contribution in [0, 0.1) is 17.6 Å². The van der Waals surface area contributed by atoms with E-state index < -0.39 is 11.6 Å². The fourth-order valence-corrected chi connectivity index (χ4v) is 2.91. The maximum absolute atomic E-state index is 13.2. The molecule has 1 aliphatic carbocycles. The van der Waals surface area contributed by atoms with Gasteiger partial charge in [-0.2, -0.15) is 0 Å². The zero-order chi connectivity index (χ0) is 13.1. The Morgan fingerprint density at radius 1 is 1.06 bits per heavy atom. The van der Waals surface area contributed by atoms with Crippen LogP contribution >= 0.6 is 0 Å². The van der Waals surface area contributed by atoms with Gasteiger partial charge in [-0.15, -0.1) is 0 Å². The Balaban J connectivity index is 1.99. The van der Waals surface area contributed by atoms with E-state index in [0.29, 0.717) is 17.5 Å². The number of halogens is 2. The summed E-state index contributed by atoms with van der Waals surface area (Å²) in [4.78, 5) is 0. The van der Waals surface area contributed by atoms with Gasteiger partial charge in [-0.3, -0.25) is 0 Å². The van der Waals surface area contributed by atoms with Gasteiger partial charge in [0.1, 0.15) is 11.6 Å². The molecule has 3 heteroatoms. The van der Waals surface area contributed by atoms with Crippen LogP contribution in [0.5, 0.6) is 0 Å². The van der Waals surface area contributed by atoms with Gasteiger partial charge in [-0.25, -0.2) is 8.78 Å². The molecule has 1 N–H and O–H groups in total. The third-order valence-electron chi connectivity index (χ3n) is 4.00.